The van der Waals surface area contributed by atoms with Crippen LogP contribution in [0.4, 0.5) is 0 Å². The Morgan fingerprint density at radius 3 is 2.71 bits per heavy atom. The molecule has 4 heteroatoms. The van der Waals surface area contributed by atoms with Crippen molar-refractivity contribution < 1.29 is 19.1 Å². The maximum atomic E-state index is 12.1. The van der Waals surface area contributed by atoms with Crippen LogP contribution in [0.25, 0.3) is 0 Å². The number of esters is 2. The van der Waals surface area contributed by atoms with Gasteiger partial charge in [-0.3, -0.25) is 9.59 Å². The van der Waals surface area contributed by atoms with Gasteiger partial charge in [0.25, 0.3) is 0 Å². The number of hydrogen-bond donors (Lipinski definition) is 0. The van der Waals surface area contributed by atoms with E-state index < -0.39 is 17.4 Å². The summed E-state index contributed by atoms with van der Waals surface area (Å²) in [7, 11) is 0. The molecular formula is C13H12O4. The molecule has 0 amide bonds. The Morgan fingerprint density at radius 2 is 2.12 bits per heavy atom. The fourth-order valence-electron chi connectivity index (χ4n) is 2.65. The average Bonchev–Trinajstić information content (AvgIpc) is 2.75. The van der Waals surface area contributed by atoms with Crippen LogP contribution in [0.15, 0.2) is 30.3 Å². The van der Waals surface area contributed by atoms with Gasteiger partial charge in [-0.05, 0) is 18.1 Å². The van der Waals surface area contributed by atoms with Crippen molar-refractivity contribution in [2.45, 2.75) is 6.92 Å². The van der Waals surface area contributed by atoms with Gasteiger partial charge < -0.3 is 9.47 Å². The molecule has 2 unspecified atom stereocenters. The molecule has 1 saturated carbocycles. The second kappa shape index (κ2) is 3.32. The summed E-state index contributed by atoms with van der Waals surface area (Å²) in [5.41, 5.74) is -1.03. The molecule has 2 fully saturated rings. The zero-order chi connectivity index (χ0) is 12.0. The minimum atomic E-state index is -1.03. The van der Waals surface area contributed by atoms with Gasteiger partial charge in [0.2, 0.25) is 0 Å². The number of hydrogen-bond acceptors (Lipinski definition) is 4. The predicted octanol–water partition coefficient (Wildman–Crippen LogP) is 1.40. The zero-order valence-electron chi connectivity index (χ0n) is 9.38. The number of rotatable bonds is 2. The molecule has 1 aromatic rings. The van der Waals surface area contributed by atoms with Gasteiger partial charge in [-0.25, -0.2) is 0 Å². The van der Waals surface area contributed by atoms with Crippen LogP contribution in [0.2, 0.25) is 0 Å². The highest BCUT2D eigenvalue weighted by atomic mass is 16.6. The van der Waals surface area contributed by atoms with Gasteiger partial charge in [-0.2, -0.15) is 0 Å². The Bertz CT molecular complexity index is 481. The highest BCUT2D eigenvalue weighted by Crippen LogP contribution is 2.63. The summed E-state index contributed by atoms with van der Waals surface area (Å²) in [6.45, 7) is 2.22. The third kappa shape index (κ3) is 1.24. The third-order valence-electron chi connectivity index (χ3n) is 3.82. The number of carbonyl (C=O) groups is 2. The van der Waals surface area contributed by atoms with Crippen molar-refractivity contribution >= 4 is 11.9 Å². The van der Waals surface area contributed by atoms with Gasteiger partial charge in [-0.15, -0.1) is 0 Å². The molecule has 1 aliphatic carbocycles. The van der Waals surface area contributed by atoms with E-state index in [2.05, 4.69) is 0 Å². The van der Waals surface area contributed by atoms with Crippen molar-refractivity contribution in [2.24, 2.45) is 17.3 Å². The van der Waals surface area contributed by atoms with Crippen molar-refractivity contribution in [2.75, 3.05) is 6.61 Å². The molecule has 0 spiro atoms. The molecular weight excluding hydrogens is 220 g/mol. The second-order valence-corrected chi connectivity index (χ2v) is 4.57. The maximum Gasteiger partial charge on any atom is 0.329 e. The smallest absolute Gasteiger partial charge is 0.329 e. The standard InChI is InChI=1S/C13H12O4/c1-8-10-7-16-11(14)13(8,10)12(15)17-9-5-3-2-4-6-9/h2-6,8,10H,7H2,1H3/t8?,10?,13-/m1/s1. The second-order valence-electron chi connectivity index (χ2n) is 4.57. The lowest BCUT2D eigenvalue weighted by Crippen LogP contribution is -2.31. The van der Waals surface area contributed by atoms with Gasteiger partial charge >= 0.3 is 11.9 Å². The highest BCUT2D eigenvalue weighted by molar-refractivity contribution is 6.06. The monoisotopic (exact) mass is 232 g/mol. The van der Waals surface area contributed by atoms with E-state index in [1.807, 2.05) is 13.0 Å². The van der Waals surface area contributed by atoms with E-state index in [-0.39, 0.29) is 11.8 Å². The zero-order valence-corrected chi connectivity index (χ0v) is 9.38. The summed E-state index contributed by atoms with van der Waals surface area (Å²) >= 11 is 0. The minimum absolute atomic E-state index is 0.00814. The van der Waals surface area contributed by atoms with Gasteiger partial charge in [-0.1, -0.05) is 25.1 Å². The molecule has 1 heterocycles. The number of ether oxygens (including phenoxy) is 2. The Hall–Kier alpha value is -1.84. The first-order valence-corrected chi connectivity index (χ1v) is 5.62. The van der Waals surface area contributed by atoms with Gasteiger partial charge in [0, 0.05) is 5.92 Å². The molecule has 2 aliphatic rings. The summed E-state index contributed by atoms with van der Waals surface area (Å²) in [5.74, 6) is -0.435. The van der Waals surface area contributed by atoms with Crippen molar-refractivity contribution in [3.05, 3.63) is 30.3 Å². The molecule has 0 N–H and O–H groups in total. The van der Waals surface area contributed by atoms with Crippen LogP contribution in [0, 0.1) is 17.3 Å². The van der Waals surface area contributed by atoms with Crippen LogP contribution in [0.3, 0.4) is 0 Å². The molecule has 0 aromatic heterocycles. The molecule has 0 bridgehead atoms. The SMILES string of the molecule is CC1C2COC(=O)[C@@]12C(=O)Oc1ccccc1. The van der Waals surface area contributed by atoms with E-state index in [0.717, 1.165) is 0 Å². The van der Waals surface area contributed by atoms with Crippen molar-refractivity contribution in [1.82, 2.24) is 0 Å². The lowest BCUT2D eigenvalue weighted by molar-refractivity contribution is -0.155. The van der Waals surface area contributed by atoms with E-state index in [4.69, 9.17) is 9.47 Å². The van der Waals surface area contributed by atoms with E-state index in [0.29, 0.717) is 12.4 Å². The maximum absolute atomic E-state index is 12.1. The van der Waals surface area contributed by atoms with Crippen LogP contribution in [0.5, 0.6) is 5.75 Å². The first-order valence-electron chi connectivity index (χ1n) is 5.62. The largest absolute Gasteiger partial charge is 0.464 e. The molecule has 1 aliphatic heterocycles. The summed E-state index contributed by atoms with van der Waals surface area (Å²) in [6, 6.07) is 8.78. The topological polar surface area (TPSA) is 52.6 Å². The third-order valence-corrected chi connectivity index (χ3v) is 3.82. The number of cyclic esters (lactones) is 1. The molecule has 4 nitrogen and oxygen atoms in total. The van der Waals surface area contributed by atoms with Crippen LogP contribution >= 0.6 is 0 Å². The molecule has 88 valence electrons. The molecule has 3 atom stereocenters. The number of para-hydroxylation sites is 1. The number of carbonyl (C=O) groups excluding carboxylic acids is 2. The molecule has 17 heavy (non-hydrogen) atoms. The minimum Gasteiger partial charge on any atom is -0.464 e. The fraction of sp³-hybridized carbons (Fsp3) is 0.385. The lowest BCUT2D eigenvalue weighted by atomic mass is 10.0. The Balaban J connectivity index is 1.82. The summed E-state index contributed by atoms with van der Waals surface area (Å²) in [5, 5.41) is 0. The summed E-state index contributed by atoms with van der Waals surface area (Å²) < 4.78 is 10.2. The van der Waals surface area contributed by atoms with Crippen LogP contribution < -0.4 is 4.74 Å². The highest BCUT2D eigenvalue weighted by Gasteiger charge is 2.78. The molecule has 3 rings (SSSR count). The van der Waals surface area contributed by atoms with E-state index in [1.165, 1.54) is 0 Å². The number of fused-ring (bicyclic) bond motifs is 1. The van der Waals surface area contributed by atoms with Gasteiger partial charge in [0.05, 0.1) is 6.61 Å². The first-order chi connectivity index (χ1) is 8.17. The summed E-state index contributed by atoms with van der Waals surface area (Å²) in [6.07, 6.45) is 0. The Morgan fingerprint density at radius 1 is 1.41 bits per heavy atom. The Labute approximate surface area is 98.5 Å². The van der Waals surface area contributed by atoms with Crippen LogP contribution in [-0.2, 0) is 14.3 Å². The first kappa shape index (κ1) is 10.3. The van der Waals surface area contributed by atoms with E-state index >= 15 is 0 Å². The van der Waals surface area contributed by atoms with E-state index in [1.54, 1.807) is 24.3 Å². The normalized spacial score (nSPS) is 33.8. The van der Waals surface area contributed by atoms with Crippen molar-refractivity contribution in [3.8, 4) is 5.75 Å². The number of benzene rings is 1. The van der Waals surface area contributed by atoms with Crippen LogP contribution in [-0.4, -0.2) is 18.5 Å². The molecule has 0 radical (unpaired) electrons. The van der Waals surface area contributed by atoms with Crippen LogP contribution in [0.1, 0.15) is 6.92 Å². The van der Waals surface area contributed by atoms with Crippen molar-refractivity contribution in [1.29, 1.82) is 0 Å². The van der Waals surface area contributed by atoms with Crippen molar-refractivity contribution in [3.63, 3.8) is 0 Å². The molecule has 1 saturated heterocycles. The quantitative estimate of drug-likeness (QED) is 0.439. The summed E-state index contributed by atoms with van der Waals surface area (Å²) in [4.78, 5) is 23.7. The average molecular weight is 232 g/mol. The van der Waals surface area contributed by atoms with E-state index in [9.17, 15) is 9.59 Å². The Kier molecular flexibility index (Phi) is 2.02. The molecule has 1 aromatic carbocycles. The fourth-order valence-corrected chi connectivity index (χ4v) is 2.65. The van der Waals surface area contributed by atoms with Gasteiger partial charge in [0.1, 0.15) is 5.75 Å². The predicted molar refractivity (Wildman–Crippen MR) is 58.1 cm³/mol. The van der Waals surface area contributed by atoms with Gasteiger partial charge in [0.15, 0.2) is 5.41 Å². The lowest BCUT2D eigenvalue weighted by Gasteiger charge is -2.10.